The number of benzene rings is 1. The first-order valence-electron chi connectivity index (χ1n) is 6.46. The van der Waals surface area contributed by atoms with Crippen molar-refractivity contribution >= 4 is 5.69 Å². The molecule has 0 amide bonds. The summed E-state index contributed by atoms with van der Waals surface area (Å²) in [5, 5.41) is 10.8. The molecule has 20 heavy (non-hydrogen) atoms. The molecule has 0 atom stereocenters. The minimum Gasteiger partial charge on any atom is -0.493 e. The Bertz CT molecular complexity index is 460. The third-order valence-electron chi connectivity index (χ3n) is 3.13. The minimum absolute atomic E-state index is 0.00725. The molecular formula is C13H18N2O5. The Morgan fingerprint density at radius 2 is 2.10 bits per heavy atom. The van der Waals surface area contributed by atoms with Crippen LogP contribution in [0.25, 0.3) is 0 Å². The second kappa shape index (κ2) is 7.06. The molecule has 0 unspecified atom stereocenters. The molecule has 1 aliphatic heterocycles. The Hall–Kier alpha value is -1.86. The van der Waals surface area contributed by atoms with Crippen LogP contribution in [0.3, 0.4) is 0 Å². The molecule has 2 rings (SSSR count). The largest absolute Gasteiger partial charge is 0.493 e. The van der Waals surface area contributed by atoms with Crippen molar-refractivity contribution in [2.75, 3.05) is 46.6 Å². The third-order valence-corrected chi connectivity index (χ3v) is 3.13. The summed E-state index contributed by atoms with van der Waals surface area (Å²) >= 11 is 0. The summed E-state index contributed by atoms with van der Waals surface area (Å²) in [4.78, 5) is 12.5. The normalized spacial score (nSPS) is 15.8. The first kappa shape index (κ1) is 14.5. The Labute approximate surface area is 117 Å². The summed E-state index contributed by atoms with van der Waals surface area (Å²) in [7, 11) is 1.51. The van der Waals surface area contributed by atoms with Gasteiger partial charge in [-0.15, -0.1) is 0 Å². The highest BCUT2D eigenvalue weighted by atomic mass is 16.6. The second-order valence-corrected chi connectivity index (χ2v) is 4.39. The molecule has 7 nitrogen and oxygen atoms in total. The van der Waals surface area contributed by atoms with E-state index in [1.165, 1.54) is 19.2 Å². The van der Waals surface area contributed by atoms with Crippen LogP contribution in [0.4, 0.5) is 5.69 Å². The summed E-state index contributed by atoms with van der Waals surface area (Å²) in [6.07, 6.45) is 0. The van der Waals surface area contributed by atoms with Gasteiger partial charge in [0.1, 0.15) is 6.61 Å². The molecule has 1 saturated heterocycles. The number of hydrogen-bond acceptors (Lipinski definition) is 6. The van der Waals surface area contributed by atoms with Crippen LogP contribution in [-0.2, 0) is 4.74 Å². The number of nitrogens with zero attached hydrogens (tertiary/aromatic N) is 2. The topological polar surface area (TPSA) is 74.1 Å². The van der Waals surface area contributed by atoms with E-state index in [9.17, 15) is 10.1 Å². The van der Waals surface area contributed by atoms with E-state index in [0.717, 1.165) is 32.8 Å². The second-order valence-electron chi connectivity index (χ2n) is 4.39. The molecule has 1 aromatic carbocycles. The fraction of sp³-hybridized carbons (Fsp3) is 0.538. The first-order chi connectivity index (χ1) is 9.70. The van der Waals surface area contributed by atoms with Gasteiger partial charge in [0.05, 0.1) is 31.3 Å². The number of ether oxygens (including phenoxy) is 3. The smallest absolute Gasteiger partial charge is 0.273 e. The number of hydrogen-bond donors (Lipinski definition) is 0. The Kier molecular flexibility index (Phi) is 5.14. The van der Waals surface area contributed by atoms with Gasteiger partial charge in [-0.3, -0.25) is 15.0 Å². The fourth-order valence-electron chi connectivity index (χ4n) is 2.00. The lowest BCUT2D eigenvalue weighted by Gasteiger charge is -2.26. The molecule has 0 spiro atoms. The lowest BCUT2D eigenvalue weighted by Crippen LogP contribution is -2.38. The molecule has 0 bridgehead atoms. The minimum atomic E-state index is -0.450. The van der Waals surface area contributed by atoms with Gasteiger partial charge in [-0.05, 0) is 6.07 Å². The fourth-order valence-corrected chi connectivity index (χ4v) is 2.00. The molecule has 1 fully saturated rings. The zero-order valence-electron chi connectivity index (χ0n) is 11.4. The summed E-state index contributed by atoms with van der Waals surface area (Å²) < 4.78 is 16.0. The van der Waals surface area contributed by atoms with Crippen molar-refractivity contribution < 1.29 is 19.1 Å². The van der Waals surface area contributed by atoms with Crippen LogP contribution in [0.15, 0.2) is 18.2 Å². The van der Waals surface area contributed by atoms with Crippen molar-refractivity contribution in [2.45, 2.75) is 0 Å². The van der Waals surface area contributed by atoms with Gasteiger partial charge in [0.15, 0.2) is 11.5 Å². The van der Waals surface area contributed by atoms with Crippen LogP contribution in [0.2, 0.25) is 0 Å². The van der Waals surface area contributed by atoms with Crippen LogP contribution >= 0.6 is 0 Å². The van der Waals surface area contributed by atoms with Gasteiger partial charge in [0, 0.05) is 25.7 Å². The molecule has 0 saturated carbocycles. The van der Waals surface area contributed by atoms with Crippen LogP contribution in [0, 0.1) is 10.1 Å². The third kappa shape index (κ3) is 3.82. The van der Waals surface area contributed by atoms with Gasteiger partial charge in [0.25, 0.3) is 5.69 Å². The summed E-state index contributed by atoms with van der Waals surface area (Å²) in [5.74, 6) is 0.896. The van der Waals surface area contributed by atoms with Crippen molar-refractivity contribution in [3.8, 4) is 11.5 Å². The zero-order valence-corrected chi connectivity index (χ0v) is 11.4. The van der Waals surface area contributed by atoms with Crippen LogP contribution in [-0.4, -0.2) is 56.4 Å². The van der Waals surface area contributed by atoms with E-state index in [-0.39, 0.29) is 5.69 Å². The molecule has 1 aromatic rings. The summed E-state index contributed by atoms with van der Waals surface area (Å²) in [6.45, 7) is 4.46. The number of nitro benzene ring substituents is 1. The highest BCUT2D eigenvalue weighted by Gasteiger charge is 2.14. The van der Waals surface area contributed by atoms with E-state index >= 15 is 0 Å². The predicted molar refractivity (Wildman–Crippen MR) is 72.4 cm³/mol. The van der Waals surface area contributed by atoms with Crippen LogP contribution < -0.4 is 9.47 Å². The summed E-state index contributed by atoms with van der Waals surface area (Å²) in [5.41, 5.74) is -0.00725. The average Bonchev–Trinajstić information content (AvgIpc) is 2.48. The first-order valence-corrected chi connectivity index (χ1v) is 6.46. The maximum absolute atomic E-state index is 10.8. The van der Waals surface area contributed by atoms with Crippen LogP contribution in [0.1, 0.15) is 0 Å². The van der Waals surface area contributed by atoms with E-state index in [2.05, 4.69) is 4.90 Å². The van der Waals surface area contributed by atoms with E-state index in [0.29, 0.717) is 18.1 Å². The van der Waals surface area contributed by atoms with E-state index in [1.807, 2.05) is 0 Å². The lowest BCUT2D eigenvalue weighted by atomic mass is 10.3. The molecule has 110 valence electrons. The van der Waals surface area contributed by atoms with E-state index < -0.39 is 4.92 Å². The van der Waals surface area contributed by atoms with Crippen molar-refractivity contribution in [1.82, 2.24) is 4.90 Å². The Morgan fingerprint density at radius 1 is 1.35 bits per heavy atom. The van der Waals surface area contributed by atoms with E-state index in [1.54, 1.807) is 6.07 Å². The number of rotatable bonds is 6. The average molecular weight is 282 g/mol. The van der Waals surface area contributed by atoms with Crippen molar-refractivity contribution in [3.63, 3.8) is 0 Å². The van der Waals surface area contributed by atoms with Gasteiger partial charge < -0.3 is 14.2 Å². The lowest BCUT2D eigenvalue weighted by molar-refractivity contribution is -0.385. The number of nitro groups is 1. The van der Waals surface area contributed by atoms with Crippen molar-refractivity contribution in [1.29, 1.82) is 0 Å². The number of non-ortho nitro benzene ring substituents is 1. The van der Waals surface area contributed by atoms with Crippen molar-refractivity contribution in [2.24, 2.45) is 0 Å². The molecule has 7 heteroatoms. The molecule has 0 aromatic heterocycles. The maximum Gasteiger partial charge on any atom is 0.273 e. The highest BCUT2D eigenvalue weighted by molar-refractivity contribution is 5.48. The maximum atomic E-state index is 10.8. The van der Waals surface area contributed by atoms with Crippen LogP contribution in [0.5, 0.6) is 11.5 Å². The molecule has 0 N–H and O–H groups in total. The number of methoxy groups -OCH3 is 1. The Morgan fingerprint density at radius 3 is 2.75 bits per heavy atom. The number of morpholine rings is 1. The highest BCUT2D eigenvalue weighted by Crippen LogP contribution is 2.31. The molecular weight excluding hydrogens is 264 g/mol. The molecule has 1 aliphatic rings. The van der Waals surface area contributed by atoms with Crippen molar-refractivity contribution in [3.05, 3.63) is 28.3 Å². The standard InChI is InChI=1S/C13H18N2O5/c1-18-12-3-2-11(15(16)17)10-13(12)20-9-6-14-4-7-19-8-5-14/h2-3,10H,4-9H2,1H3. The predicted octanol–water partition coefficient (Wildman–Crippen LogP) is 1.31. The quantitative estimate of drug-likeness (QED) is 0.578. The van der Waals surface area contributed by atoms with Gasteiger partial charge in [-0.25, -0.2) is 0 Å². The molecule has 1 heterocycles. The molecule has 0 radical (unpaired) electrons. The zero-order chi connectivity index (χ0) is 14.4. The summed E-state index contributed by atoms with van der Waals surface area (Å²) in [6, 6.07) is 4.33. The van der Waals surface area contributed by atoms with Gasteiger partial charge >= 0.3 is 0 Å². The Balaban J connectivity index is 1.93. The monoisotopic (exact) mass is 282 g/mol. The van der Waals surface area contributed by atoms with Gasteiger partial charge in [-0.1, -0.05) is 0 Å². The SMILES string of the molecule is COc1ccc([N+](=O)[O-])cc1OCCN1CCOCC1. The van der Waals surface area contributed by atoms with Gasteiger partial charge in [0.2, 0.25) is 0 Å². The molecule has 0 aliphatic carbocycles. The van der Waals surface area contributed by atoms with E-state index in [4.69, 9.17) is 14.2 Å². The van der Waals surface area contributed by atoms with Gasteiger partial charge in [-0.2, -0.15) is 0 Å².